The predicted molar refractivity (Wildman–Crippen MR) is 101 cm³/mol. The summed E-state index contributed by atoms with van der Waals surface area (Å²) in [6.45, 7) is 1.04. The Kier molecular flexibility index (Phi) is 6.62. The monoisotopic (exact) mass is 385 g/mol. The molecular formula is C21H20FNO5. The number of nitrogens with one attached hydrogen (secondary N) is 1. The summed E-state index contributed by atoms with van der Waals surface area (Å²) in [7, 11) is 0. The van der Waals surface area contributed by atoms with Crippen molar-refractivity contribution >= 4 is 18.0 Å². The quantitative estimate of drug-likeness (QED) is 0.586. The molecule has 0 fully saturated rings. The van der Waals surface area contributed by atoms with Gasteiger partial charge < -0.3 is 19.5 Å². The molecule has 146 valence electrons. The van der Waals surface area contributed by atoms with E-state index in [-0.39, 0.29) is 5.56 Å². The van der Waals surface area contributed by atoms with E-state index in [4.69, 9.17) is 14.2 Å². The average Bonchev–Trinajstić information content (AvgIpc) is 2.71. The number of halogens is 1. The lowest BCUT2D eigenvalue weighted by atomic mass is 10.1. The topological polar surface area (TPSA) is 73.9 Å². The molecule has 1 aliphatic heterocycles. The minimum absolute atomic E-state index is 0.267. The van der Waals surface area contributed by atoms with Crippen LogP contribution in [0.1, 0.15) is 11.1 Å². The molecule has 3 rings (SSSR count). The molecule has 0 aliphatic carbocycles. The Morgan fingerprint density at radius 3 is 2.71 bits per heavy atom. The Bertz CT molecular complexity index is 881. The molecule has 0 atom stereocenters. The first-order chi connectivity index (χ1) is 13.6. The fourth-order valence-electron chi connectivity index (χ4n) is 2.59. The van der Waals surface area contributed by atoms with Gasteiger partial charge in [-0.2, -0.15) is 0 Å². The van der Waals surface area contributed by atoms with Crippen LogP contribution >= 0.6 is 0 Å². The SMILES string of the molecule is O=C(COC(=O)/C=C/c1ccccc1F)NCCc1ccc2c(c1)OCCO2. The number of benzene rings is 2. The highest BCUT2D eigenvalue weighted by atomic mass is 19.1. The zero-order valence-electron chi connectivity index (χ0n) is 15.2. The second-order valence-electron chi connectivity index (χ2n) is 6.04. The van der Waals surface area contributed by atoms with Crippen molar-refractivity contribution in [2.75, 3.05) is 26.4 Å². The number of ether oxygens (including phenoxy) is 3. The van der Waals surface area contributed by atoms with Crippen LogP contribution in [0.15, 0.2) is 48.5 Å². The van der Waals surface area contributed by atoms with Crippen molar-refractivity contribution in [2.45, 2.75) is 6.42 Å². The van der Waals surface area contributed by atoms with Gasteiger partial charge in [-0.05, 0) is 36.3 Å². The molecule has 1 heterocycles. The van der Waals surface area contributed by atoms with Gasteiger partial charge in [0, 0.05) is 18.2 Å². The Hall–Kier alpha value is -3.35. The molecule has 0 unspecified atom stereocenters. The molecule has 28 heavy (non-hydrogen) atoms. The summed E-state index contributed by atoms with van der Waals surface area (Å²) in [5.74, 6) is -0.154. The van der Waals surface area contributed by atoms with Crippen molar-refractivity contribution in [3.05, 3.63) is 65.5 Å². The summed E-state index contributed by atoms with van der Waals surface area (Å²) in [6, 6.07) is 11.7. The normalized spacial score (nSPS) is 12.6. The summed E-state index contributed by atoms with van der Waals surface area (Å²) in [5.41, 5.74) is 1.26. The van der Waals surface area contributed by atoms with Crippen molar-refractivity contribution < 1.29 is 28.2 Å². The molecule has 6 nitrogen and oxygen atoms in total. The van der Waals surface area contributed by atoms with Crippen molar-refractivity contribution in [1.82, 2.24) is 5.32 Å². The van der Waals surface area contributed by atoms with Gasteiger partial charge >= 0.3 is 5.97 Å². The van der Waals surface area contributed by atoms with Crippen LogP contribution in [0.25, 0.3) is 6.08 Å². The third-order valence-electron chi connectivity index (χ3n) is 3.99. The van der Waals surface area contributed by atoms with Crippen molar-refractivity contribution in [1.29, 1.82) is 0 Å². The van der Waals surface area contributed by atoms with E-state index >= 15 is 0 Å². The van der Waals surface area contributed by atoms with Crippen LogP contribution < -0.4 is 14.8 Å². The molecule has 1 N–H and O–H groups in total. The summed E-state index contributed by atoms with van der Waals surface area (Å²) in [4.78, 5) is 23.4. The maximum Gasteiger partial charge on any atom is 0.331 e. The van der Waals surface area contributed by atoms with Crippen LogP contribution in [0.3, 0.4) is 0 Å². The summed E-state index contributed by atoms with van der Waals surface area (Å²) in [6.07, 6.45) is 2.99. The lowest BCUT2D eigenvalue weighted by molar-refractivity contribution is -0.143. The maximum absolute atomic E-state index is 13.4. The molecule has 2 aromatic carbocycles. The van der Waals surface area contributed by atoms with Crippen LogP contribution in [0.2, 0.25) is 0 Å². The zero-order valence-corrected chi connectivity index (χ0v) is 15.2. The first kappa shape index (κ1) is 19.4. The number of hydrogen-bond donors (Lipinski definition) is 1. The number of amides is 1. The van der Waals surface area contributed by atoms with Gasteiger partial charge in [0.2, 0.25) is 0 Å². The van der Waals surface area contributed by atoms with Crippen LogP contribution in [0.4, 0.5) is 4.39 Å². The van der Waals surface area contributed by atoms with Gasteiger partial charge in [-0.3, -0.25) is 4.79 Å². The number of carbonyl (C=O) groups excluding carboxylic acids is 2. The van der Waals surface area contributed by atoms with E-state index in [2.05, 4.69) is 5.32 Å². The third kappa shape index (κ3) is 5.57. The number of carbonyl (C=O) groups is 2. The van der Waals surface area contributed by atoms with Gasteiger partial charge in [-0.25, -0.2) is 9.18 Å². The lowest BCUT2D eigenvalue weighted by Gasteiger charge is -2.18. The molecule has 2 aromatic rings. The Balaban J connectivity index is 1.37. The maximum atomic E-state index is 13.4. The van der Waals surface area contributed by atoms with E-state index < -0.39 is 24.3 Å². The van der Waals surface area contributed by atoms with Crippen molar-refractivity contribution in [3.8, 4) is 11.5 Å². The van der Waals surface area contributed by atoms with E-state index in [1.165, 1.54) is 18.2 Å². The van der Waals surface area contributed by atoms with E-state index in [1.54, 1.807) is 12.1 Å². The second-order valence-corrected chi connectivity index (χ2v) is 6.04. The number of esters is 1. The third-order valence-corrected chi connectivity index (χ3v) is 3.99. The fraction of sp³-hybridized carbons (Fsp3) is 0.238. The smallest absolute Gasteiger partial charge is 0.331 e. The first-order valence-corrected chi connectivity index (χ1v) is 8.86. The Morgan fingerprint density at radius 2 is 1.89 bits per heavy atom. The van der Waals surface area contributed by atoms with Crippen LogP contribution in [0, 0.1) is 5.82 Å². The molecule has 1 aliphatic rings. The zero-order chi connectivity index (χ0) is 19.8. The van der Waals surface area contributed by atoms with E-state index in [0.717, 1.165) is 17.4 Å². The minimum atomic E-state index is -0.717. The van der Waals surface area contributed by atoms with Gasteiger partial charge in [0.05, 0.1) is 0 Å². The average molecular weight is 385 g/mol. The van der Waals surface area contributed by atoms with E-state index in [0.29, 0.717) is 31.9 Å². The molecule has 0 bridgehead atoms. The molecule has 0 saturated carbocycles. The van der Waals surface area contributed by atoms with Crippen LogP contribution in [-0.2, 0) is 20.7 Å². The van der Waals surface area contributed by atoms with Crippen LogP contribution in [0.5, 0.6) is 11.5 Å². The van der Waals surface area contributed by atoms with Gasteiger partial charge in [0.15, 0.2) is 18.1 Å². The highest BCUT2D eigenvalue weighted by molar-refractivity contribution is 5.89. The largest absolute Gasteiger partial charge is 0.486 e. The van der Waals surface area contributed by atoms with Gasteiger partial charge in [0.25, 0.3) is 5.91 Å². The molecule has 0 radical (unpaired) electrons. The van der Waals surface area contributed by atoms with Crippen molar-refractivity contribution in [2.24, 2.45) is 0 Å². The summed E-state index contributed by atoms with van der Waals surface area (Å²) >= 11 is 0. The highest BCUT2D eigenvalue weighted by Gasteiger charge is 2.12. The standard InChI is InChI=1S/C21H20FNO5/c22-17-4-2-1-3-16(17)6-8-21(25)28-14-20(24)23-10-9-15-5-7-18-19(13-15)27-12-11-26-18/h1-8,13H,9-12,14H2,(H,23,24)/b8-6+. The van der Waals surface area contributed by atoms with Gasteiger partial charge in [-0.15, -0.1) is 0 Å². The first-order valence-electron chi connectivity index (χ1n) is 8.86. The number of fused-ring (bicyclic) bond motifs is 1. The number of hydrogen-bond acceptors (Lipinski definition) is 5. The number of rotatable bonds is 7. The predicted octanol–water partition coefficient (Wildman–Crippen LogP) is 2.51. The molecule has 0 aromatic heterocycles. The lowest BCUT2D eigenvalue weighted by Crippen LogP contribution is -2.30. The Morgan fingerprint density at radius 1 is 1.11 bits per heavy atom. The molecule has 7 heteroatoms. The van der Waals surface area contributed by atoms with Crippen LogP contribution in [-0.4, -0.2) is 38.2 Å². The Labute approximate surface area is 161 Å². The van der Waals surface area contributed by atoms with E-state index in [9.17, 15) is 14.0 Å². The molecule has 1 amide bonds. The van der Waals surface area contributed by atoms with Gasteiger partial charge in [-0.1, -0.05) is 24.3 Å². The molecule has 0 saturated heterocycles. The second kappa shape index (κ2) is 9.55. The highest BCUT2D eigenvalue weighted by Crippen LogP contribution is 2.30. The summed E-state index contributed by atoms with van der Waals surface area (Å²) in [5, 5.41) is 2.68. The fourth-order valence-corrected chi connectivity index (χ4v) is 2.59. The summed E-state index contributed by atoms with van der Waals surface area (Å²) < 4.78 is 29.3. The van der Waals surface area contributed by atoms with Gasteiger partial charge in [0.1, 0.15) is 19.0 Å². The molecular weight excluding hydrogens is 365 g/mol. The molecule has 0 spiro atoms. The van der Waals surface area contributed by atoms with E-state index in [1.807, 2.05) is 18.2 Å². The van der Waals surface area contributed by atoms with Crippen molar-refractivity contribution in [3.63, 3.8) is 0 Å². The minimum Gasteiger partial charge on any atom is -0.486 e.